The number of allylic oxidation sites excluding steroid dienone is 1. The number of carbonyl (C=O) groups is 3. The van der Waals surface area contributed by atoms with Crippen molar-refractivity contribution < 1.29 is 18.8 Å². The molecule has 2 aliphatic heterocycles. The number of piperidine rings is 1. The Morgan fingerprint density at radius 1 is 1.02 bits per heavy atom. The number of fused-ring (bicyclic) bond motifs is 1. The van der Waals surface area contributed by atoms with Crippen LogP contribution in [0, 0.1) is 11.7 Å². The summed E-state index contributed by atoms with van der Waals surface area (Å²) in [5.74, 6) is -0.778. The molecule has 0 radical (unpaired) electrons. The molecule has 0 spiro atoms. The molecule has 6 rings (SSSR count). The Labute approximate surface area is 282 Å². The highest BCUT2D eigenvalue weighted by Gasteiger charge is 2.39. The summed E-state index contributed by atoms with van der Waals surface area (Å²) in [6.45, 7) is 5.87. The highest BCUT2D eigenvalue weighted by atomic mass is 19.1. The molecule has 3 aliphatic rings. The van der Waals surface area contributed by atoms with E-state index in [0.717, 1.165) is 37.1 Å². The van der Waals surface area contributed by atoms with E-state index in [1.807, 2.05) is 13.8 Å². The fourth-order valence-corrected chi connectivity index (χ4v) is 7.05. The minimum atomic E-state index is -0.624. The van der Waals surface area contributed by atoms with Gasteiger partial charge in [-0.1, -0.05) is 24.3 Å². The third-order valence-corrected chi connectivity index (χ3v) is 10.3. The Morgan fingerprint density at radius 2 is 1.79 bits per heavy atom. The van der Waals surface area contributed by atoms with E-state index in [2.05, 4.69) is 69.9 Å². The number of nitrogens with zero attached hydrogens (tertiary/aromatic N) is 4. The fourth-order valence-electron chi connectivity index (χ4n) is 7.05. The normalized spacial score (nSPS) is 21.1. The minimum Gasteiger partial charge on any atom is -0.371 e. The van der Waals surface area contributed by atoms with Gasteiger partial charge in [-0.2, -0.15) is 0 Å². The maximum absolute atomic E-state index is 13.7. The molecular weight excluding hydrogens is 607 g/mol. The van der Waals surface area contributed by atoms with Gasteiger partial charge in [0.25, 0.3) is 5.91 Å². The van der Waals surface area contributed by atoms with Crippen molar-refractivity contribution in [3.63, 3.8) is 0 Å². The second-order valence-corrected chi connectivity index (χ2v) is 13.8. The van der Waals surface area contributed by atoms with Crippen LogP contribution >= 0.6 is 0 Å². The Hall–Kier alpha value is -4.31. The van der Waals surface area contributed by atoms with E-state index >= 15 is 0 Å². The second-order valence-electron chi connectivity index (χ2n) is 13.8. The van der Waals surface area contributed by atoms with Gasteiger partial charge in [0.15, 0.2) is 0 Å². The number of pyridine rings is 1. The molecule has 3 atom stereocenters. The number of hydrogen-bond acceptors (Lipinski definition) is 6. The van der Waals surface area contributed by atoms with Crippen molar-refractivity contribution >= 4 is 40.4 Å². The lowest BCUT2D eigenvalue weighted by Gasteiger charge is -2.36. The quantitative estimate of drug-likeness (QED) is 0.308. The molecule has 0 bridgehead atoms. The number of amides is 3. The van der Waals surface area contributed by atoms with Crippen LogP contribution in [0.3, 0.4) is 0 Å². The van der Waals surface area contributed by atoms with Crippen LogP contribution in [0.1, 0.15) is 80.0 Å². The van der Waals surface area contributed by atoms with E-state index < -0.39 is 11.9 Å². The number of carbonyl (C=O) groups excluding carboxylic acids is 3. The Morgan fingerprint density at radius 3 is 2.54 bits per heavy atom. The van der Waals surface area contributed by atoms with Crippen LogP contribution in [0.5, 0.6) is 0 Å². The van der Waals surface area contributed by atoms with E-state index in [1.54, 1.807) is 11.0 Å². The highest BCUT2D eigenvalue weighted by molar-refractivity contribution is 5.97. The number of rotatable bonds is 10. The second kappa shape index (κ2) is 14.4. The monoisotopic (exact) mass is 654 g/mol. The van der Waals surface area contributed by atoms with E-state index in [9.17, 15) is 18.8 Å². The molecule has 3 amide bonds. The maximum Gasteiger partial charge on any atom is 0.270 e. The van der Waals surface area contributed by atoms with Crippen LogP contribution in [0.25, 0.3) is 17.0 Å². The topological polar surface area (TPSA) is 97.9 Å². The standard InChI is InChI=1S/C38H47FN6O3/c1-24-5-16-35(45(24)36(46)23-40-37(47)34-14-10-28-21-29(39)11-15-33(28)42-34)38(48)41-25(2)32-13-12-31(22-27(32)9-8-26-6-7-26)44(4)30-17-19-43(3)20-18-30/h8-15,21-22,24-26,30,35H,5-7,16-20,23H2,1-4H3,(H,40,47)(H,41,48)/b9-8+/t24-,25-,35-/m0/s1. The maximum atomic E-state index is 13.7. The molecule has 10 heteroatoms. The SMILES string of the molecule is C[C@H](NC(=O)[C@@H]1CC[C@H](C)N1C(=O)CNC(=O)c1ccc2cc(F)ccc2n1)c1ccc(N(C)C2CCN(C)CC2)cc1/C=C/C1CC1. The molecule has 2 saturated heterocycles. The number of nitrogens with one attached hydrogen (secondary N) is 2. The van der Waals surface area contributed by atoms with Gasteiger partial charge in [-0.05, 0) is 126 Å². The van der Waals surface area contributed by atoms with E-state index in [0.29, 0.717) is 35.7 Å². The summed E-state index contributed by atoms with van der Waals surface area (Å²) >= 11 is 0. The van der Waals surface area contributed by atoms with Crippen molar-refractivity contribution in [1.82, 2.24) is 25.4 Å². The van der Waals surface area contributed by atoms with E-state index in [1.165, 1.54) is 42.8 Å². The summed E-state index contributed by atoms with van der Waals surface area (Å²) in [4.78, 5) is 50.7. The first-order chi connectivity index (χ1) is 23.1. The molecule has 0 unspecified atom stereocenters. The molecule has 1 saturated carbocycles. The predicted molar refractivity (Wildman–Crippen MR) is 187 cm³/mol. The smallest absolute Gasteiger partial charge is 0.270 e. The predicted octanol–water partition coefficient (Wildman–Crippen LogP) is 5.31. The molecule has 3 heterocycles. The summed E-state index contributed by atoms with van der Waals surface area (Å²) in [6.07, 6.45) is 10.5. The molecule has 1 aliphatic carbocycles. The van der Waals surface area contributed by atoms with Crippen LogP contribution in [-0.2, 0) is 9.59 Å². The van der Waals surface area contributed by atoms with Crippen LogP contribution in [-0.4, -0.2) is 84.4 Å². The molecule has 254 valence electrons. The summed E-state index contributed by atoms with van der Waals surface area (Å²) in [6, 6.07) is 13.3. The summed E-state index contributed by atoms with van der Waals surface area (Å²) < 4.78 is 13.5. The van der Waals surface area contributed by atoms with Crippen LogP contribution in [0.2, 0.25) is 0 Å². The Bertz CT molecular complexity index is 1700. The minimum absolute atomic E-state index is 0.134. The Balaban J connectivity index is 1.11. The van der Waals surface area contributed by atoms with E-state index in [-0.39, 0.29) is 42.0 Å². The largest absolute Gasteiger partial charge is 0.371 e. The number of aromatic nitrogens is 1. The molecule has 3 fully saturated rings. The fraction of sp³-hybridized carbons (Fsp3) is 0.474. The first-order valence-corrected chi connectivity index (χ1v) is 17.3. The van der Waals surface area contributed by atoms with E-state index in [4.69, 9.17) is 0 Å². The summed E-state index contributed by atoms with van der Waals surface area (Å²) in [5, 5.41) is 6.45. The third kappa shape index (κ3) is 7.70. The van der Waals surface area contributed by atoms with Crippen molar-refractivity contribution in [3.8, 4) is 0 Å². The van der Waals surface area contributed by atoms with Gasteiger partial charge in [-0.25, -0.2) is 9.37 Å². The zero-order chi connectivity index (χ0) is 33.9. The molecule has 2 N–H and O–H groups in total. The molecule has 9 nitrogen and oxygen atoms in total. The van der Waals surface area contributed by atoms with Gasteiger partial charge in [0, 0.05) is 30.2 Å². The summed E-state index contributed by atoms with van der Waals surface area (Å²) in [7, 11) is 4.36. The van der Waals surface area contributed by atoms with Crippen molar-refractivity contribution in [2.75, 3.05) is 38.6 Å². The molecule has 1 aromatic heterocycles. The first kappa shape index (κ1) is 33.6. The molecule has 3 aromatic rings. The lowest BCUT2D eigenvalue weighted by atomic mass is 9.97. The highest BCUT2D eigenvalue weighted by Crippen LogP contribution is 2.33. The van der Waals surface area contributed by atoms with Crippen LogP contribution in [0.15, 0.2) is 54.6 Å². The first-order valence-electron chi connectivity index (χ1n) is 17.3. The summed E-state index contributed by atoms with van der Waals surface area (Å²) in [5.41, 5.74) is 3.95. The van der Waals surface area contributed by atoms with Crippen LogP contribution < -0.4 is 15.5 Å². The van der Waals surface area contributed by atoms with Gasteiger partial charge in [0.05, 0.1) is 18.1 Å². The number of benzene rings is 2. The van der Waals surface area contributed by atoms with Gasteiger partial charge in [-0.3, -0.25) is 14.4 Å². The average molecular weight is 655 g/mol. The average Bonchev–Trinajstić information content (AvgIpc) is 3.84. The zero-order valence-electron chi connectivity index (χ0n) is 28.4. The van der Waals surface area contributed by atoms with Gasteiger partial charge in [0.2, 0.25) is 11.8 Å². The number of hydrogen-bond donors (Lipinski definition) is 2. The molecule has 48 heavy (non-hydrogen) atoms. The molecular formula is C38H47FN6O3. The van der Waals surface area contributed by atoms with Crippen molar-refractivity contribution in [2.24, 2.45) is 5.92 Å². The number of anilines is 1. The van der Waals surface area contributed by atoms with Crippen molar-refractivity contribution in [3.05, 3.63) is 77.2 Å². The van der Waals surface area contributed by atoms with Crippen molar-refractivity contribution in [1.29, 1.82) is 0 Å². The third-order valence-electron chi connectivity index (χ3n) is 10.3. The van der Waals surface area contributed by atoms with Gasteiger partial charge in [-0.15, -0.1) is 0 Å². The number of halogens is 1. The van der Waals surface area contributed by atoms with Gasteiger partial charge < -0.3 is 25.3 Å². The van der Waals surface area contributed by atoms with Crippen molar-refractivity contribution in [2.45, 2.75) is 76.5 Å². The lowest BCUT2D eigenvalue weighted by molar-refractivity contribution is -0.139. The van der Waals surface area contributed by atoms with Crippen LogP contribution in [0.4, 0.5) is 10.1 Å². The molecule has 2 aromatic carbocycles. The van der Waals surface area contributed by atoms with Gasteiger partial charge >= 0.3 is 0 Å². The van der Waals surface area contributed by atoms with Gasteiger partial charge in [0.1, 0.15) is 17.6 Å². The zero-order valence-corrected chi connectivity index (χ0v) is 28.4. The number of likely N-dealkylation sites (tertiary alicyclic amines) is 2. The Kier molecular flexibility index (Phi) is 10.1. The lowest BCUT2D eigenvalue weighted by Crippen LogP contribution is -2.51.